The highest BCUT2D eigenvalue weighted by Gasteiger charge is 1.92. The van der Waals surface area contributed by atoms with Gasteiger partial charge in [0.25, 0.3) is 0 Å². The second-order valence-corrected chi connectivity index (χ2v) is 3.88. The lowest BCUT2D eigenvalue weighted by molar-refractivity contribution is -0.00835. The van der Waals surface area contributed by atoms with Gasteiger partial charge in [-0.3, -0.25) is 0 Å². The number of halogens is 1. The average Bonchev–Trinajstić information content (AvgIpc) is 2.43. The first-order valence-electron chi connectivity index (χ1n) is 6.47. The van der Waals surface area contributed by atoms with Gasteiger partial charge in [-0.25, -0.2) is 0 Å². The molecule has 0 heterocycles. The van der Waals surface area contributed by atoms with Gasteiger partial charge >= 0.3 is 0 Å². The van der Waals surface area contributed by atoms with Crippen LogP contribution in [0.5, 0.6) is 0 Å². The van der Waals surface area contributed by atoms with Gasteiger partial charge in [0.1, 0.15) is 0 Å². The lowest BCUT2D eigenvalue weighted by Crippen LogP contribution is -2.13. The van der Waals surface area contributed by atoms with Crippen LogP contribution in [0.25, 0.3) is 0 Å². The Morgan fingerprint density at radius 2 is 1.00 bits per heavy atom. The number of hydrogen-bond donors (Lipinski definition) is 0. The molecule has 114 valence electrons. The minimum atomic E-state index is 0.516. The molecule has 0 aromatic carbocycles. The van der Waals surface area contributed by atoms with E-state index < -0.39 is 0 Å². The van der Waals surface area contributed by atoms with Crippen LogP contribution in [-0.4, -0.2) is 71.9 Å². The molecular formula is C13H25ClO5. The van der Waals surface area contributed by atoms with E-state index in [1.807, 2.05) is 0 Å². The molecule has 19 heavy (non-hydrogen) atoms. The summed E-state index contributed by atoms with van der Waals surface area (Å²) >= 11 is 5.45. The Hall–Kier alpha value is -0.170. The molecule has 0 atom stereocenters. The predicted molar refractivity (Wildman–Crippen MR) is 75.0 cm³/mol. The third-order valence-electron chi connectivity index (χ3n) is 1.95. The van der Waals surface area contributed by atoms with Crippen molar-refractivity contribution in [2.24, 2.45) is 0 Å². The van der Waals surface area contributed by atoms with Gasteiger partial charge in [-0.1, -0.05) is 6.08 Å². The van der Waals surface area contributed by atoms with Crippen LogP contribution in [0.15, 0.2) is 12.7 Å². The zero-order valence-corrected chi connectivity index (χ0v) is 12.2. The summed E-state index contributed by atoms with van der Waals surface area (Å²) in [6, 6.07) is 0. The van der Waals surface area contributed by atoms with E-state index in [0.717, 1.165) is 0 Å². The number of rotatable bonds is 16. The second-order valence-electron chi connectivity index (χ2n) is 3.50. The quantitative estimate of drug-likeness (QED) is 0.245. The van der Waals surface area contributed by atoms with Crippen LogP contribution in [0.3, 0.4) is 0 Å². The van der Waals surface area contributed by atoms with Gasteiger partial charge in [0.05, 0.1) is 66.1 Å². The minimum Gasteiger partial charge on any atom is -0.378 e. The molecule has 0 saturated carbocycles. The molecule has 0 rings (SSSR count). The van der Waals surface area contributed by atoms with E-state index in [4.69, 9.17) is 35.3 Å². The monoisotopic (exact) mass is 296 g/mol. The summed E-state index contributed by atoms with van der Waals surface area (Å²) in [5, 5.41) is 0. The third kappa shape index (κ3) is 17.8. The zero-order valence-electron chi connectivity index (χ0n) is 11.5. The Kier molecular flexibility index (Phi) is 17.7. The van der Waals surface area contributed by atoms with Crippen LogP contribution in [0, 0.1) is 0 Å². The first kappa shape index (κ1) is 18.8. The van der Waals surface area contributed by atoms with E-state index in [-0.39, 0.29) is 0 Å². The normalized spacial score (nSPS) is 10.8. The Balaban J connectivity index is 2.89. The molecular weight excluding hydrogens is 272 g/mol. The van der Waals surface area contributed by atoms with E-state index >= 15 is 0 Å². The van der Waals surface area contributed by atoms with Crippen molar-refractivity contribution in [1.82, 2.24) is 0 Å². The smallest absolute Gasteiger partial charge is 0.0704 e. The Bertz CT molecular complexity index is 180. The van der Waals surface area contributed by atoms with Gasteiger partial charge in [0.2, 0.25) is 0 Å². The van der Waals surface area contributed by atoms with Crippen LogP contribution in [0.4, 0.5) is 0 Å². The minimum absolute atomic E-state index is 0.516. The van der Waals surface area contributed by atoms with E-state index in [1.54, 1.807) is 6.08 Å². The maximum absolute atomic E-state index is 5.45. The molecule has 0 radical (unpaired) electrons. The lowest BCUT2D eigenvalue weighted by atomic mass is 10.6. The molecule has 0 N–H and O–H groups in total. The highest BCUT2D eigenvalue weighted by molar-refractivity contribution is 6.17. The van der Waals surface area contributed by atoms with Gasteiger partial charge in [0.15, 0.2) is 0 Å². The first-order valence-corrected chi connectivity index (χ1v) is 7.01. The summed E-state index contributed by atoms with van der Waals surface area (Å²) in [4.78, 5) is 0. The second kappa shape index (κ2) is 17.8. The highest BCUT2D eigenvalue weighted by atomic mass is 35.5. The number of ether oxygens (including phenoxy) is 5. The fourth-order valence-electron chi connectivity index (χ4n) is 1.10. The van der Waals surface area contributed by atoms with Crippen molar-refractivity contribution < 1.29 is 23.7 Å². The molecule has 0 amide bonds. The molecule has 0 saturated heterocycles. The van der Waals surface area contributed by atoms with Crippen molar-refractivity contribution in [3.05, 3.63) is 12.7 Å². The molecule has 0 unspecified atom stereocenters. The molecule has 0 aromatic rings. The van der Waals surface area contributed by atoms with Crippen molar-refractivity contribution in [3.8, 4) is 0 Å². The summed E-state index contributed by atoms with van der Waals surface area (Å²) in [6.07, 6.45) is 1.71. The fourth-order valence-corrected chi connectivity index (χ4v) is 1.21. The summed E-state index contributed by atoms with van der Waals surface area (Å²) < 4.78 is 26.2. The topological polar surface area (TPSA) is 46.2 Å². The number of hydrogen-bond acceptors (Lipinski definition) is 5. The molecule has 5 nitrogen and oxygen atoms in total. The molecule has 0 aliphatic rings. The molecule has 0 aliphatic carbocycles. The molecule has 0 bridgehead atoms. The predicted octanol–water partition coefficient (Wildman–Crippen LogP) is 1.49. The largest absolute Gasteiger partial charge is 0.378 e. The molecule has 0 fully saturated rings. The number of alkyl halides is 1. The van der Waals surface area contributed by atoms with E-state index in [9.17, 15) is 0 Å². The van der Waals surface area contributed by atoms with Crippen molar-refractivity contribution in [3.63, 3.8) is 0 Å². The maximum atomic E-state index is 5.45. The summed E-state index contributed by atoms with van der Waals surface area (Å²) in [6.45, 7) is 9.22. The van der Waals surface area contributed by atoms with Gasteiger partial charge in [0, 0.05) is 5.88 Å². The van der Waals surface area contributed by atoms with E-state index in [0.29, 0.717) is 71.9 Å². The zero-order chi connectivity index (χ0) is 14.0. The van der Waals surface area contributed by atoms with Gasteiger partial charge in [-0.2, -0.15) is 0 Å². The average molecular weight is 297 g/mol. The SMILES string of the molecule is C=CCOCCOCCOCCOCCOCCCl. The highest BCUT2D eigenvalue weighted by Crippen LogP contribution is 1.84. The Labute approximate surface area is 120 Å². The van der Waals surface area contributed by atoms with Crippen LogP contribution < -0.4 is 0 Å². The molecule has 0 aliphatic heterocycles. The summed E-state index contributed by atoms with van der Waals surface area (Å²) in [5.41, 5.74) is 0. The fraction of sp³-hybridized carbons (Fsp3) is 0.846. The molecule has 6 heteroatoms. The van der Waals surface area contributed by atoms with Crippen LogP contribution in [0.2, 0.25) is 0 Å². The van der Waals surface area contributed by atoms with Gasteiger partial charge in [-0.05, 0) is 0 Å². The molecule has 0 spiro atoms. The van der Waals surface area contributed by atoms with E-state index in [1.165, 1.54) is 0 Å². The van der Waals surface area contributed by atoms with Crippen molar-refractivity contribution in [2.75, 3.05) is 71.9 Å². The summed E-state index contributed by atoms with van der Waals surface area (Å²) in [5.74, 6) is 0.516. The van der Waals surface area contributed by atoms with Crippen LogP contribution >= 0.6 is 11.6 Å². The van der Waals surface area contributed by atoms with Gasteiger partial charge in [-0.15, -0.1) is 18.2 Å². The van der Waals surface area contributed by atoms with E-state index in [2.05, 4.69) is 6.58 Å². The maximum Gasteiger partial charge on any atom is 0.0704 e. The Morgan fingerprint density at radius 1 is 0.632 bits per heavy atom. The summed E-state index contributed by atoms with van der Waals surface area (Å²) in [7, 11) is 0. The molecule has 0 aromatic heterocycles. The van der Waals surface area contributed by atoms with Crippen LogP contribution in [0.1, 0.15) is 0 Å². The standard InChI is InChI=1S/C13H25ClO5/c1-2-4-15-6-8-17-10-12-19-13-11-18-9-7-16-5-3-14/h2H,1,3-13H2. The first-order chi connectivity index (χ1) is 9.41. The van der Waals surface area contributed by atoms with Crippen molar-refractivity contribution in [1.29, 1.82) is 0 Å². The van der Waals surface area contributed by atoms with Crippen LogP contribution in [-0.2, 0) is 23.7 Å². The lowest BCUT2D eigenvalue weighted by Gasteiger charge is -2.07. The Morgan fingerprint density at radius 3 is 1.37 bits per heavy atom. The third-order valence-corrected chi connectivity index (χ3v) is 2.10. The van der Waals surface area contributed by atoms with Crippen molar-refractivity contribution in [2.45, 2.75) is 0 Å². The van der Waals surface area contributed by atoms with Gasteiger partial charge < -0.3 is 23.7 Å². The van der Waals surface area contributed by atoms with Crippen molar-refractivity contribution >= 4 is 11.6 Å².